The van der Waals surface area contributed by atoms with E-state index in [0.29, 0.717) is 6.54 Å². The number of rotatable bonds is 8. The quantitative estimate of drug-likeness (QED) is 0.507. The molecule has 0 atom stereocenters. The van der Waals surface area contributed by atoms with Gasteiger partial charge in [-0.15, -0.1) is 0 Å². The summed E-state index contributed by atoms with van der Waals surface area (Å²) in [5.41, 5.74) is 4.45. The summed E-state index contributed by atoms with van der Waals surface area (Å²) in [7, 11) is 0. The molecule has 0 radical (unpaired) electrons. The molecule has 0 fully saturated rings. The Balaban J connectivity index is 1.57. The number of benzene rings is 3. The Labute approximate surface area is 155 Å². The molecule has 132 valence electrons. The van der Waals surface area contributed by atoms with Crippen LogP contribution in [-0.2, 0) is 6.54 Å². The summed E-state index contributed by atoms with van der Waals surface area (Å²) in [6.45, 7) is 1.43. The molecule has 3 rings (SSSR count). The van der Waals surface area contributed by atoms with Crippen LogP contribution >= 0.6 is 0 Å². The zero-order chi connectivity index (χ0) is 18.0. The van der Waals surface area contributed by atoms with Crippen LogP contribution in [0.1, 0.15) is 29.5 Å². The number of hydrogen-bond acceptors (Lipinski definition) is 1. The Morgan fingerprint density at radius 3 is 1.96 bits per heavy atom. The molecule has 2 heteroatoms. The Morgan fingerprint density at radius 1 is 0.769 bits per heavy atom. The number of allylic oxidation sites excluding steroid dienone is 1. The molecular formula is C24H24FN. The topological polar surface area (TPSA) is 12.0 Å². The van der Waals surface area contributed by atoms with E-state index in [0.717, 1.165) is 24.9 Å². The minimum absolute atomic E-state index is 0.143. The monoisotopic (exact) mass is 345 g/mol. The minimum atomic E-state index is -0.143. The molecule has 0 aliphatic heterocycles. The van der Waals surface area contributed by atoms with Crippen molar-refractivity contribution in [1.29, 1.82) is 0 Å². The summed E-state index contributed by atoms with van der Waals surface area (Å²) in [4.78, 5) is 0. The molecule has 0 aliphatic rings. The van der Waals surface area contributed by atoms with Gasteiger partial charge in [0.1, 0.15) is 5.82 Å². The Morgan fingerprint density at radius 2 is 1.35 bits per heavy atom. The molecule has 1 nitrogen and oxygen atoms in total. The van der Waals surface area contributed by atoms with Crippen LogP contribution in [0, 0.1) is 5.82 Å². The lowest BCUT2D eigenvalue weighted by Gasteiger charge is -2.09. The lowest BCUT2D eigenvalue weighted by atomic mass is 9.96. The average molecular weight is 345 g/mol. The van der Waals surface area contributed by atoms with Gasteiger partial charge in [-0.05, 0) is 42.2 Å². The summed E-state index contributed by atoms with van der Waals surface area (Å²) in [6.07, 6.45) is 4.29. The maximum absolute atomic E-state index is 13.6. The third-order valence-corrected chi connectivity index (χ3v) is 4.35. The van der Waals surface area contributed by atoms with Gasteiger partial charge in [-0.2, -0.15) is 0 Å². The normalized spacial score (nSPS) is 10.5. The zero-order valence-corrected chi connectivity index (χ0v) is 14.9. The van der Waals surface area contributed by atoms with Gasteiger partial charge in [0.25, 0.3) is 0 Å². The Bertz CT molecular complexity index is 784. The Hall–Kier alpha value is -2.71. The molecule has 1 N–H and O–H groups in total. The number of unbranched alkanes of at least 4 members (excludes halogenated alkanes) is 1. The van der Waals surface area contributed by atoms with E-state index in [1.807, 2.05) is 24.3 Å². The van der Waals surface area contributed by atoms with Crippen molar-refractivity contribution in [3.63, 3.8) is 0 Å². The van der Waals surface area contributed by atoms with Crippen LogP contribution in [0.15, 0.2) is 91.0 Å². The van der Waals surface area contributed by atoms with Crippen molar-refractivity contribution >= 4 is 5.57 Å². The van der Waals surface area contributed by atoms with Crippen LogP contribution in [0.3, 0.4) is 0 Å². The van der Waals surface area contributed by atoms with Gasteiger partial charge in [0.15, 0.2) is 0 Å². The van der Waals surface area contributed by atoms with Gasteiger partial charge < -0.3 is 5.32 Å². The molecule has 0 bridgehead atoms. The second-order valence-electron chi connectivity index (χ2n) is 6.26. The highest BCUT2D eigenvalue weighted by Crippen LogP contribution is 2.23. The fourth-order valence-electron chi connectivity index (χ4n) is 2.98. The van der Waals surface area contributed by atoms with Crippen LogP contribution in [-0.4, -0.2) is 6.54 Å². The summed E-state index contributed by atoms with van der Waals surface area (Å²) in [5.74, 6) is -0.143. The SMILES string of the molecule is Fc1ccccc1CNCCCC=C(c1ccccc1)c1ccccc1. The van der Waals surface area contributed by atoms with Gasteiger partial charge in [-0.1, -0.05) is 84.9 Å². The molecule has 0 heterocycles. The second kappa shape index (κ2) is 9.69. The third-order valence-electron chi connectivity index (χ3n) is 4.35. The molecule has 0 aromatic heterocycles. The first-order valence-electron chi connectivity index (χ1n) is 9.10. The predicted octanol–water partition coefficient (Wildman–Crippen LogP) is 5.83. The van der Waals surface area contributed by atoms with Crippen molar-refractivity contribution in [2.24, 2.45) is 0 Å². The van der Waals surface area contributed by atoms with Crippen molar-refractivity contribution < 1.29 is 4.39 Å². The van der Waals surface area contributed by atoms with Gasteiger partial charge in [-0.3, -0.25) is 0 Å². The van der Waals surface area contributed by atoms with E-state index in [1.165, 1.54) is 22.8 Å². The minimum Gasteiger partial charge on any atom is -0.313 e. The van der Waals surface area contributed by atoms with Crippen LogP contribution < -0.4 is 5.32 Å². The molecule has 0 aliphatic carbocycles. The molecule has 0 spiro atoms. The van der Waals surface area contributed by atoms with Gasteiger partial charge in [-0.25, -0.2) is 4.39 Å². The zero-order valence-electron chi connectivity index (χ0n) is 14.9. The van der Waals surface area contributed by atoms with E-state index < -0.39 is 0 Å². The molecule has 0 saturated carbocycles. The van der Waals surface area contributed by atoms with Gasteiger partial charge >= 0.3 is 0 Å². The molecule has 0 amide bonds. The molecule has 0 saturated heterocycles. The maximum Gasteiger partial charge on any atom is 0.127 e. The number of hydrogen-bond donors (Lipinski definition) is 1. The van der Waals surface area contributed by atoms with Gasteiger partial charge in [0.05, 0.1) is 0 Å². The van der Waals surface area contributed by atoms with Gasteiger partial charge in [0, 0.05) is 12.1 Å². The number of halogens is 1. The first kappa shape index (κ1) is 18.1. The fourth-order valence-corrected chi connectivity index (χ4v) is 2.98. The van der Waals surface area contributed by atoms with Crippen LogP contribution in [0.2, 0.25) is 0 Å². The fraction of sp³-hybridized carbons (Fsp3) is 0.167. The predicted molar refractivity (Wildman–Crippen MR) is 107 cm³/mol. The highest BCUT2D eigenvalue weighted by atomic mass is 19.1. The van der Waals surface area contributed by atoms with E-state index in [4.69, 9.17) is 0 Å². The second-order valence-corrected chi connectivity index (χ2v) is 6.26. The maximum atomic E-state index is 13.6. The van der Waals surface area contributed by atoms with Crippen molar-refractivity contribution in [1.82, 2.24) is 5.32 Å². The van der Waals surface area contributed by atoms with E-state index in [9.17, 15) is 4.39 Å². The average Bonchev–Trinajstić information content (AvgIpc) is 2.70. The molecular weight excluding hydrogens is 321 g/mol. The van der Waals surface area contributed by atoms with E-state index >= 15 is 0 Å². The Kier molecular flexibility index (Phi) is 6.74. The first-order chi connectivity index (χ1) is 12.8. The van der Waals surface area contributed by atoms with Gasteiger partial charge in [0.2, 0.25) is 0 Å². The van der Waals surface area contributed by atoms with Crippen molar-refractivity contribution in [2.45, 2.75) is 19.4 Å². The lowest BCUT2D eigenvalue weighted by Crippen LogP contribution is -2.15. The molecule has 3 aromatic carbocycles. The van der Waals surface area contributed by atoms with E-state index in [2.05, 4.69) is 59.9 Å². The lowest BCUT2D eigenvalue weighted by molar-refractivity contribution is 0.583. The largest absolute Gasteiger partial charge is 0.313 e. The molecule has 0 unspecified atom stereocenters. The first-order valence-corrected chi connectivity index (χ1v) is 9.10. The smallest absolute Gasteiger partial charge is 0.127 e. The van der Waals surface area contributed by atoms with Crippen molar-refractivity contribution in [2.75, 3.05) is 6.54 Å². The highest BCUT2D eigenvalue weighted by molar-refractivity contribution is 5.79. The summed E-state index contributed by atoms with van der Waals surface area (Å²) in [5, 5.41) is 3.33. The summed E-state index contributed by atoms with van der Waals surface area (Å²) >= 11 is 0. The summed E-state index contributed by atoms with van der Waals surface area (Å²) < 4.78 is 13.6. The van der Waals surface area contributed by atoms with Crippen LogP contribution in [0.25, 0.3) is 5.57 Å². The van der Waals surface area contributed by atoms with E-state index in [-0.39, 0.29) is 5.82 Å². The van der Waals surface area contributed by atoms with Crippen molar-refractivity contribution in [3.8, 4) is 0 Å². The standard InChI is InChI=1S/C24H24FN/c25-24-17-8-7-15-22(24)19-26-18-10-9-16-23(20-11-3-1-4-12-20)21-13-5-2-6-14-21/h1-8,11-17,26H,9-10,18-19H2. The molecule has 26 heavy (non-hydrogen) atoms. The third kappa shape index (κ3) is 5.14. The molecule has 3 aromatic rings. The number of nitrogens with one attached hydrogen (secondary N) is 1. The van der Waals surface area contributed by atoms with Crippen LogP contribution in [0.4, 0.5) is 4.39 Å². The van der Waals surface area contributed by atoms with Crippen molar-refractivity contribution in [3.05, 3.63) is 114 Å². The highest BCUT2D eigenvalue weighted by Gasteiger charge is 2.04. The van der Waals surface area contributed by atoms with E-state index in [1.54, 1.807) is 6.07 Å². The summed E-state index contributed by atoms with van der Waals surface area (Å²) in [6, 6.07) is 27.9. The van der Waals surface area contributed by atoms with Crippen LogP contribution in [0.5, 0.6) is 0 Å².